The number of aryl methyl sites for hydroxylation is 1. The standard InChI is InChI=1S/C10H13N3O2.C2H6/c1-3-11-6-4-5-8-7-13(2)10(15)12-9(8)14;1-2/h7,11H,3,6H2,1-2H3,(H,12,14,15);1-2H3. The summed E-state index contributed by atoms with van der Waals surface area (Å²) in [6, 6.07) is 0. The van der Waals surface area contributed by atoms with Gasteiger partial charge in [-0.3, -0.25) is 9.78 Å². The second kappa shape index (κ2) is 8.36. The second-order valence-electron chi connectivity index (χ2n) is 3.00. The van der Waals surface area contributed by atoms with Crippen LogP contribution in [0.15, 0.2) is 15.8 Å². The van der Waals surface area contributed by atoms with Crippen LogP contribution in [0.5, 0.6) is 0 Å². The molecule has 5 heteroatoms. The summed E-state index contributed by atoms with van der Waals surface area (Å²) in [6.45, 7) is 7.33. The quantitative estimate of drug-likeness (QED) is 0.564. The molecule has 0 aliphatic heterocycles. The van der Waals surface area contributed by atoms with Gasteiger partial charge in [-0.25, -0.2) is 4.79 Å². The van der Waals surface area contributed by atoms with Crippen molar-refractivity contribution >= 4 is 0 Å². The summed E-state index contributed by atoms with van der Waals surface area (Å²) in [5.41, 5.74) is -0.575. The zero-order chi connectivity index (χ0) is 13.3. The van der Waals surface area contributed by atoms with Gasteiger partial charge in [0.2, 0.25) is 0 Å². The molecule has 0 atom stereocenters. The fourth-order valence-electron chi connectivity index (χ4n) is 0.979. The second-order valence-corrected chi connectivity index (χ2v) is 3.00. The van der Waals surface area contributed by atoms with Gasteiger partial charge in [-0.15, -0.1) is 0 Å². The van der Waals surface area contributed by atoms with Gasteiger partial charge in [0.05, 0.1) is 6.54 Å². The average Bonchev–Trinajstić information content (AvgIpc) is 2.33. The predicted octanol–water partition coefficient (Wildman–Crippen LogP) is 0.0608. The molecule has 0 amide bonds. The molecule has 0 spiro atoms. The Kier molecular flexibility index (Phi) is 7.48. The van der Waals surface area contributed by atoms with E-state index in [4.69, 9.17) is 0 Å². The molecule has 0 saturated heterocycles. The number of aromatic amines is 1. The van der Waals surface area contributed by atoms with Crippen LogP contribution in [0, 0.1) is 11.8 Å². The average molecular weight is 237 g/mol. The van der Waals surface area contributed by atoms with Crippen molar-refractivity contribution in [3.63, 3.8) is 0 Å². The van der Waals surface area contributed by atoms with Crippen LogP contribution in [0.3, 0.4) is 0 Å². The summed E-state index contributed by atoms with van der Waals surface area (Å²) < 4.78 is 1.29. The van der Waals surface area contributed by atoms with Gasteiger partial charge in [0.15, 0.2) is 0 Å². The highest BCUT2D eigenvalue weighted by atomic mass is 16.2. The molecule has 17 heavy (non-hydrogen) atoms. The molecule has 1 aromatic heterocycles. The molecule has 5 nitrogen and oxygen atoms in total. The first kappa shape index (κ1) is 15.2. The molecule has 0 fully saturated rings. The summed E-state index contributed by atoms with van der Waals surface area (Å²) in [5.74, 6) is 5.49. The smallest absolute Gasteiger partial charge is 0.306 e. The van der Waals surface area contributed by atoms with Crippen molar-refractivity contribution in [1.29, 1.82) is 0 Å². The zero-order valence-electron chi connectivity index (χ0n) is 10.8. The summed E-state index contributed by atoms with van der Waals surface area (Å²) >= 11 is 0. The summed E-state index contributed by atoms with van der Waals surface area (Å²) in [5, 5.41) is 3.01. The van der Waals surface area contributed by atoms with E-state index in [1.54, 1.807) is 7.05 Å². The lowest BCUT2D eigenvalue weighted by Crippen LogP contribution is -2.29. The minimum absolute atomic E-state index is 0.301. The number of nitrogens with zero attached hydrogens (tertiary/aromatic N) is 1. The first-order valence-corrected chi connectivity index (χ1v) is 5.64. The third-order valence-electron chi connectivity index (χ3n) is 1.79. The van der Waals surface area contributed by atoms with Gasteiger partial charge in [-0.2, -0.15) is 0 Å². The highest BCUT2D eigenvalue weighted by Gasteiger charge is 1.97. The van der Waals surface area contributed by atoms with Gasteiger partial charge < -0.3 is 9.88 Å². The van der Waals surface area contributed by atoms with Crippen LogP contribution in [-0.2, 0) is 7.05 Å². The normalized spacial score (nSPS) is 8.71. The zero-order valence-corrected chi connectivity index (χ0v) is 10.8. The van der Waals surface area contributed by atoms with Crippen molar-refractivity contribution in [2.75, 3.05) is 13.1 Å². The van der Waals surface area contributed by atoms with Crippen LogP contribution >= 0.6 is 0 Å². The highest BCUT2D eigenvalue weighted by molar-refractivity contribution is 5.29. The van der Waals surface area contributed by atoms with Crippen LogP contribution in [0.25, 0.3) is 0 Å². The lowest BCUT2D eigenvalue weighted by atomic mass is 10.3. The van der Waals surface area contributed by atoms with Crippen LogP contribution in [0.4, 0.5) is 0 Å². The van der Waals surface area contributed by atoms with Gasteiger partial charge in [-0.1, -0.05) is 32.6 Å². The molecule has 0 aliphatic rings. The highest BCUT2D eigenvalue weighted by Crippen LogP contribution is 1.81. The van der Waals surface area contributed by atoms with E-state index in [9.17, 15) is 9.59 Å². The molecule has 0 unspecified atom stereocenters. The molecular weight excluding hydrogens is 218 g/mol. The van der Waals surface area contributed by atoms with E-state index >= 15 is 0 Å². The minimum Gasteiger partial charge on any atom is -0.306 e. The summed E-state index contributed by atoms with van der Waals surface area (Å²) in [6.07, 6.45) is 1.43. The number of hydrogen-bond acceptors (Lipinski definition) is 3. The van der Waals surface area contributed by atoms with Crippen molar-refractivity contribution in [3.05, 3.63) is 32.6 Å². The van der Waals surface area contributed by atoms with Crippen LogP contribution < -0.4 is 16.6 Å². The molecular formula is C12H19N3O2. The lowest BCUT2D eigenvalue weighted by molar-refractivity contribution is 0.794. The third kappa shape index (κ3) is 5.18. The molecule has 2 N–H and O–H groups in total. The number of rotatable bonds is 2. The van der Waals surface area contributed by atoms with Crippen molar-refractivity contribution in [3.8, 4) is 11.8 Å². The van der Waals surface area contributed by atoms with Crippen molar-refractivity contribution in [2.24, 2.45) is 7.05 Å². The monoisotopic (exact) mass is 237 g/mol. The first-order valence-electron chi connectivity index (χ1n) is 5.64. The predicted molar refractivity (Wildman–Crippen MR) is 69.1 cm³/mol. The van der Waals surface area contributed by atoms with Gasteiger partial charge >= 0.3 is 5.69 Å². The number of aromatic nitrogens is 2. The van der Waals surface area contributed by atoms with E-state index in [1.807, 2.05) is 20.8 Å². The lowest BCUT2D eigenvalue weighted by Gasteiger charge is -1.95. The van der Waals surface area contributed by atoms with E-state index in [2.05, 4.69) is 22.1 Å². The Morgan fingerprint density at radius 2 is 2.06 bits per heavy atom. The molecule has 0 aromatic carbocycles. The summed E-state index contributed by atoms with van der Waals surface area (Å²) in [7, 11) is 1.56. The Labute approximate surface area is 101 Å². The molecule has 1 aromatic rings. The maximum atomic E-state index is 11.3. The Morgan fingerprint density at radius 3 is 2.65 bits per heavy atom. The fraction of sp³-hybridized carbons (Fsp3) is 0.500. The van der Waals surface area contributed by atoms with Crippen molar-refractivity contribution in [2.45, 2.75) is 20.8 Å². The molecule has 0 bridgehead atoms. The van der Waals surface area contributed by atoms with Crippen LogP contribution in [0.2, 0.25) is 0 Å². The van der Waals surface area contributed by atoms with Crippen LogP contribution in [-0.4, -0.2) is 22.6 Å². The largest absolute Gasteiger partial charge is 0.328 e. The maximum Gasteiger partial charge on any atom is 0.328 e. The van der Waals surface area contributed by atoms with E-state index < -0.39 is 11.2 Å². The van der Waals surface area contributed by atoms with E-state index in [-0.39, 0.29) is 0 Å². The number of hydrogen-bond donors (Lipinski definition) is 2. The van der Waals surface area contributed by atoms with Gasteiger partial charge in [0.25, 0.3) is 5.56 Å². The van der Waals surface area contributed by atoms with Gasteiger partial charge in [-0.05, 0) is 6.54 Å². The molecule has 1 heterocycles. The van der Waals surface area contributed by atoms with E-state index in [0.717, 1.165) is 6.54 Å². The molecule has 0 radical (unpaired) electrons. The Morgan fingerprint density at radius 1 is 1.41 bits per heavy atom. The van der Waals surface area contributed by atoms with Gasteiger partial charge in [0, 0.05) is 13.2 Å². The van der Waals surface area contributed by atoms with Crippen molar-refractivity contribution in [1.82, 2.24) is 14.9 Å². The van der Waals surface area contributed by atoms with E-state index in [1.165, 1.54) is 10.8 Å². The number of nitrogens with one attached hydrogen (secondary N) is 2. The Bertz CT molecular complexity index is 503. The molecule has 0 aliphatic carbocycles. The minimum atomic E-state index is -0.443. The third-order valence-corrected chi connectivity index (χ3v) is 1.79. The van der Waals surface area contributed by atoms with Crippen molar-refractivity contribution < 1.29 is 0 Å². The topological polar surface area (TPSA) is 66.9 Å². The fourth-order valence-corrected chi connectivity index (χ4v) is 0.979. The first-order chi connectivity index (χ1) is 8.15. The number of H-pyrrole nitrogens is 1. The van der Waals surface area contributed by atoms with Crippen LogP contribution in [0.1, 0.15) is 26.3 Å². The van der Waals surface area contributed by atoms with Gasteiger partial charge in [0.1, 0.15) is 5.56 Å². The SMILES string of the molecule is CC.CCNCC#Cc1cn(C)c(=O)[nH]c1=O. The summed E-state index contributed by atoms with van der Waals surface area (Å²) in [4.78, 5) is 24.5. The van der Waals surface area contributed by atoms with E-state index in [0.29, 0.717) is 12.1 Å². The molecule has 1 rings (SSSR count). The maximum absolute atomic E-state index is 11.3. The molecule has 0 saturated carbocycles. The molecule has 94 valence electrons. The Hall–Kier alpha value is -1.80. The Balaban J connectivity index is 0.00000121.